The van der Waals surface area contributed by atoms with E-state index in [1.807, 2.05) is 60.7 Å². The van der Waals surface area contributed by atoms with E-state index in [4.69, 9.17) is 10.2 Å². The first-order valence-electron chi connectivity index (χ1n) is 14.8. The topological polar surface area (TPSA) is 74.3 Å². The maximum Gasteiger partial charge on any atom is 0.289 e. The first-order valence-corrected chi connectivity index (χ1v) is 16.4. The van der Waals surface area contributed by atoms with Crippen molar-refractivity contribution < 1.29 is 14.0 Å². The molecule has 0 saturated carbocycles. The number of carbonyl (C=O) groups is 2. The lowest BCUT2D eigenvalue weighted by atomic mass is 9.73. The summed E-state index contributed by atoms with van der Waals surface area (Å²) in [6.45, 7) is 6.73. The van der Waals surface area contributed by atoms with Crippen LogP contribution >= 0.6 is 11.3 Å². The number of aromatic nitrogens is 1. The molecule has 0 radical (unpaired) electrons. The molecule has 0 aliphatic heterocycles. The third-order valence-corrected chi connectivity index (χ3v) is 10.1. The van der Waals surface area contributed by atoms with Crippen LogP contribution in [0.4, 0.5) is 0 Å². The number of hydrogen-bond donors (Lipinski definition) is 1. The smallest absolute Gasteiger partial charge is 0.289 e. The minimum Gasteiger partial charge on any atom is -0.402 e. The quantitative estimate of drug-likeness (QED) is 0.104. The standard InChI is InChI=1S/C37H36N2O3SSi/c1-36(2,3)23-28(24-14-6-4-7-15-24)37(42-44,26-17-8-5-9-18-26)39-29-20-12-11-19-27(29)32(34(40)35(38)41)33(39)31-22-25-16-10-13-21-30(25)43-31/h4-22,28H,23H2,1-3,44H3,(H2,38,41). The highest BCUT2D eigenvalue weighted by atomic mass is 32.1. The number of fused-ring (bicyclic) bond motifs is 2. The van der Waals surface area contributed by atoms with E-state index in [2.05, 4.69) is 79.9 Å². The van der Waals surface area contributed by atoms with Crippen molar-refractivity contribution in [3.8, 4) is 10.6 Å². The Labute approximate surface area is 264 Å². The molecule has 2 atom stereocenters. The van der Waals surface area contributed by atoms with Crippen LogP contribution in [0.15, 0.2) is 115 Å². The van der Waals surface area contributed by atoms with Crippen LogP contribution in [0.25, 0.3) is 31.6 Å². The molecule has 0 fully saturated rings. The van der Waals surface area contributed by atoms with Gasteiger partial charge in [0, 0.05) is 21.6 Å². The number of hydrogen-bond acceptors (Lipinski definition) is 4. The third kappa shape index (κ3) is 5.11. The summed E-state index contributed by atoms with van der Waals surface area (Å²) in [6, 6.07) is 38.8. The summed E-state index contributed by atoms with van der Waals surface area (Å²) < 4.78 is 10.3. The van der Waals surface area contributed by atoms with Crippen molar-refractivity contribution in [3.05, 3.63) is 132 Å². The van der Waals surface area contributed by atoms with Gasteiger partial charge in [-0.05, 0) is 41.0 Å². The Kier molecular flexibility index (Phi) is 7.88. The number of ketones is 1. The molecule has 0 bridgehead atoms. The molecule has 0 aliphatic rings. The molecule has 6 rings (SSSR count). The summed E-state index contributed by atoms with van der Waals surface area (Å²) in [5.41, 5.74) is 8.47. The van der Waals surface area contributed by atoms with Crippen molar-refractivity contribution in [1.29, 1.82) is 0 Å². The van der Waals surface area contributed by atoms with E-state index >= 15 is 0 Å². The van der Waals surface area contributed by atoms with E-state index in [1.165, 1.54) is 0 Å². The Morgan fingerprint density at radius 1 is 0.864 bits per heavy atom. The second-order valence-electron chi connectivity index (χ2n) is 12.4. The Hall–Kier alpha value is -4.30. The summed E-state index contributed by atoms with van der Waals surface area (Å²) in [6.07, 6.45) is 0.783. The van der Waals surface area contributed by atoms with Gasteiger partial charge in [-0.3, -0.25) is 9.59 Å². The SMILES string of the molecule is CC(C)(C)CC(c1ccccc1)C(O[SiH3])(c1ccccc1)n1c(-c2cc3ccccc3s2)c(C(=O)C(N)=O)c2ccccc21. The van der Waals surface area contributed by atoms with Crippen LogP contribution in [0.5, 0.6) is 0 Å². The highest BCUT2D eigenvalue weighted by molar-refractivity contribution is 7.22. The summed E-state index contributed by atoms with van der Waals surface area (Å²) in [7, 11) is 0.393. The zero-order valence-corrected chi connectivity index (χ0v) is 28.2. The first kappa shape index (κ1) is 29.8. The van der Waals surface area contributed by atoms with Gasteiger partial charge in [0.25, 0.3) is 11.7 Å². The molecule has 2 heterocycles. The Morgan fingerprint density at radius 3 is 2.11 bits per heavy atom. The lowest BCUT2D eigenvalue weighted by Gasteiger charge is -2.46. The van der Waals surface area contributed by atoms with Gasteiger partial charge < -0.3 is 14.7 Å². The molecule has 4 aromatic carbocycles. The second kappa shape index (κ2) is 11.7. The second-order valence-corrected chi connectivity index (χ2v) is 13.9. The number of nitrogens with two attached hydrogens (primary N) is 1. The Morgan fingerprint density at radius 2 is 1.48 bits per heavy atom. The summed E-state index contributed by atoms with van der Waals surface area (Å²) in [5.74, 6) is -1.86. The zero-order chi connectivity index (χ0) is 31.1. The van der Waals surface area contributed by atoms with E-state index in [1.54, 1.807) is 11.3 Å². The van der Waals surface area contributed by atoms with Crippen molar-refractivity contribution >= 4 is 54.5 Å². The fourth-order valence-electron chi connectivity index (χ4n) is 6.56. The number of Topliss-reactive ketones (excluding diaryl/α,β-unsaturated/α-hetero) is 1. The predicted molar refractivity (Wildman–Crippen MR) is 184 cm³/mol. The highest BCUT2D eigenvalue weighted by Crippen LogP contribution is 2.52. The Balaban J connectivity index is 1.84. The van der Waals surface area contributed by atoms with Crippen LogP contribution in [0.2, 0.25) is 0 Å². The number of nitrogens with zero attached hydrogens (tertiary/aromatic N) is 1. The highest BCUT2D eigenvalue weighted by Gasteiger charge is 2.48. The van der Waals surface area contributed by atoms with Gasteiger partial charge in [-0.25, -0.2) is 0 Å². The van der Waals surface area contributed by atoms with Gasteiger partial charge in [-0.15, -0.1) is 11.3 Å². The molecule has 6 aromatic rings. The van der Waals surface area contributed by atoms with Crippen LogP contribution in [-0.2, 0) is 14.9 Å². The number of carbonyl (C=O) groups excluding carboxylic acids is 2. The minimum atomic E-state index is -1.07. The molecule has 2 N–H and O–H groups in total. The van der Waals surface area contributed by atoms with E-state index < -0.39 is 17.4 Å². The number of amides is 1. The number of rotatable bonds is 9. The molecule has 2 aromatic heterocycles. The summed E-state index contributed by atoms with van der Waals surface area (Å²) in [5, 5.41) is 1.73. The molecule has 222 valence electrons. The van der Waals surface area contributed by atoms with E-state index in [-0.39, 0.29) is 11.3 Å². The maximum absolute atomic E-state index is 13.9. The van der Waals surface area contributed by atoms with Crippen molar-refractivity contribution in [2.75, 3.05) is 0 Å². The van der Waals surface area contributed by atoms with Crippen LogP contribution in [0, 0.1) is 5.41 Å². The molecule has 1 amide bonds. The molecule has 0 aliphatic carbocycles. The fraction of sp³-hybridized carbons (Fsp3) is 0.189. The van der Waals surface area contributed by atoms with E-state index in [0.29, 0.717) is 27.1 Å². The van der Waals surface area contributed by atoms with Crippen molar-refractivity contribution in [2.45, 2.75) is 38.8 Å². The van der Waals surface area contributed by atoms with Gasteiger partial charge in [0.2, 0.25) is 0 Å². The zero-order valence-electron chi connectivity index (χ0n) is 25.4. The van der Waals surface area contributed by atoms with Gasteiger partial charge in [0.15, 0.2) is 5.72 Å². The van der Waals surface area contributed by atoms with Gasteiger partial charge in [-0.1, -0.05) is 118 Å². The molecule has 2 unspecified atom stereocenters. The van der Waals surface area contributed by atoms with E-state index in [0.717, 1.165) is 38.0 Å². The average Bonchev–Trinajstić information content (AvgIpc) is 3.61. The van der Waals surface area contributed by atoms with Gasteiger partial charge in [-0.2, -0.15) is 0 Å². The molecule has 5 nitrogen and oxygen atoms in total. The maximum atomic E-state index is 13.9. The molecular weight excluding hydrogens is 581 g/mol. The molecule has 7 heteroatoms. The molecular formula is C37H36N2O3SSi. The largest absolute Gasteiger partial charge is 0.402 e. The summed E-state index contributed by atoms with van der Waals surface area (Å²) >= 11 is 1.60. The van der Waals surface area contributed by atoms with Crippen LogP contribution in [0.3, 0.4) is 0 Å². The summed E-state index contributed by atoms with van der Waals surface area (Å²) in [4.78, 5) is 27.4. The Bertz CT molecular complexity index is 1940. The average molecular weight is 617 g/mol. The van der Waals surface area contributed by atoms with Crippen LogP contribution < -0.4 is 5.73 Å². The van der Waals surface area contributed by atoms with Crippen molar-refractivity contribution in [2.24, 2.45) is 11.1 Å². The van der Waals surface area contributed by atoms with E-state index in [9.17, 15) is 9.59 Å². The van der Waals surface area contributed by atoms with Crippen molar-refractivity contribution in [3.63, 3.8) is 0 Å². The van der Waals surface area contributed by atoms with Crippen molar-refractivity contribution in [1.82, 2.24) is 4.57 Å². The number of primary amides is 1. The molecule has 44 heavy (non-hydrogen) atoms. The molecule has 0 spiro atoms. The predicted octanol–water partition coefficient (Wildman–Crippen LogP) is 7.41. The molecule has 0 saturated heterocycles. The lowest BCUT2D eigenvalue weighted by molar-refractivity contribution is -0.114. The lowest BCUT2D eigenvalue weighted by Crippen LogP contribution is -2.45. The van der Waals surface area contributed by atoms with Crippen LogP contribution in [-0.4, -0.2) is 26.7 Å². The number of para-hydroxylation sites is 1. The third-order valence-electron chi connectivity index (χ3n) is 8.31. The number of thiophene rings is 1. The van der Waals surface area contributed by atoms with Gasteiger partial charge >= 0.3 is 0 Å². The fourth-order valence-corrected chi connectivity index (χ4v) is 8.37. The van der Waals surface area contributed by atoms with Crippen LogP contribution in [0.1, 0.15) is 54.6 Å². The first-order chi connectivity index (χ1) is 21.2. The minimum absolute atomic E-state index is 0.0762. The van der Waals surface area contributed by atoms with Gasteiger partial charge in [0.1, 0.15) is 10.5 Å². The van der Waals surface area contributed by atoms with Gasteiger partial charge in [0.05, 0.1) is 21.7 Å². The number of benzene rings is 4. The monoisotopic (exact) mass is 616 g/mol. The normalized spacial score (nSPS) is 14.1.